The van der Waals surface area contributed by atoms with E-state index in [-0.39, 0.29) is 12.5 Å². The number of ether oxygens (including phenoxy) is 1. The van der Waals surface area contributed by atoms with Crippen LogP contribution in [0.25, 0.3) is 0 Å². The van der Waals surface area contributed by atoms with Crippen LogP contribution in [-0.4, -0.2) is 30.6 Å². The topological polar surface area (TPSA) is 38.3 Å². The summed E-state index contributed by atoms with van der Waals surface area (Å²) in [6.45, 7) is 0.979. The van der Waals surface area contributed by atoms with Crippen molar-refractivity contribution >= 4 is 29.4 Å². The lowest BCUT2D eigenvalue weighted by Gasteiger charge is -2.56. The number of amides is 1. The number of nitrogens with one attached hydrogen (secondary N) is 1. The van der Waals surface area contributed by atoms with Gasteiger partial charge in [-0.25, -0.2) is 0 Å². The van der Waals surface area contributed by atoms with Crippen LogP contribution >= 0.6 is 23.5 Å². The second kappa shape index (κ2) is 8.14. The minimum absolute atomic E-state index is 0.0261. The van der Waals surface area contributed by atoms with Gasteiger partial charge in [0.2, 0.25) is 0 Å². The molecule has 0 unspecified atom stereocenters. The van der Waals surface area contributed by atoms with Gasteiger partial charge in [0.15, 0.2) is 6.61 Å². The van der Waals surface area contributed by atoms with E-state index >= 15 is 0 Å². The number of benzene rings is 1. The average molecular weight is 418 g/mol. The third-order valence-corrected chi connectivity index (χ3v) is 10.2. The molecule has 0 atom stereocenters. The Hall–Kier alpha value is -0.810. The van der Waals surface area contributed by atoms with Gasteiger partial charge in [0, 0.05) is 6.54 Å². The van der Waals surface area contributed by atoms with E-state index in [0.29, 0.717) is 10.00 Å². The van der Waals surface area contributed by atoms with Gasteiger partial charge in [0.25, 0.3) is 5.91 Å². The fourth-order valence-electron chi connectivity index (χ4n) is 6.39. The minimum atomic E-state index is 0.0261. The molecule has 1 aliphatic heterocycles. The summed E-state index contributed by atoms with van der Waals surface area (Å²) < 4.78 is 6.30. The zero-order chi connectivity index (χ0) is 19.0. The highest BCUT2D eigenvalue weighted by molar-refractivity contribution is 8.16. The summed E-state index contributed by atoms with van der Waals surface area (Å²) in [5, 5.41) is 3.20. The zero-order valence-corrected chi connectivity index (χ0v) is 18.2. The van der Waals surface area contributed by atoms with Crippen molar-refractivity contribution in [2.24, 2.45) is 23.2 Å². The molecule has 1 N–H and O–H groups in total. The highest BCUT2D eigenvalue weighted by atomic mass is 32.2. The molecule has 4 aliphatic carbocycles. The smallest absolute Gasteiger partial charge is 0.257 e. The van der Waals surface area contributed by atoms with E-state index < -0.39 is 0 Å². The normalized spacial score (nSPS) is 34.4. The monoisotopic (exact) mass is 417 g/mol. The number of rotatable bonds is 6. The molecule has 1 aromatic carbocycles. The maximum Gasteiger partial charge on any atom is 0.257 e. The summed E-state index contributed by atoms with van der Waals surface area (Å²) in [6.07, 6.45) is 9.65. The van der Waals surface area contributed by atoms with Crippen LogP contribution in [0.1, 0.15) is 55.1 Å². The van der Waals surface area contributed by atoms with Crippen LogP contribution in [0.15, 0.2) is 24.3 Å². The Bertz CT molecular complexity index is 664. The van der Waals surface area contributed by atoms with Crippen molar-refractivity contribution in [2.75, 3.05) is 24.7 Å². The molecular formula is C23H31NO2S2. The maximum atomic E-state index is 12.4. The average Bonchev–Trinajstić information content (AvgIpc) is 2.71. The molecule has 28 heavy (non-hydrogen) atoms. The SMILES string of the molecule is O=C(COc1ccc(C2SCCCS2)cc1)NCC12CC3CC(CC(C3)C1)C2. The molecule has 1 amide bonds. The van der Waals surface area contributed by atoms with E-state index in [9.17, 15) is 4.79 Å². The van der Waals surface area contributed by atoms with Crippen LogP contribution in [0.2, 0.25) is 0 Å². The highest BCUT2D eigenvalue weighted by Crippen LogP contribution is 2.59. The van der Waals surface area contributed by atoms with Crippen molar-refractivity contribution in [3.63, 3.8) is 0 Å². The summed E-state index contributed by atoms with van der Waals surface area (Å²) in [4.78, 5) is 12.4. The minimum Gasteiger partial charge on any atom is -0.484 e. The third kappa shape index (κ3) is 4.21. The summed E-state index contributed by atoms with van der Waals surface area (Å²) >= 11 is 4.06. The molecule has 0 aromatic heterocycles. The van der Waals surface area contributed by atoms with Crippen LogP contribution in [0, 0.1) is 23.2 Å². The van der Waals surface area contributed by atoms with Crippen LogP contribution in [0.4, 0.5) is 0 Å². The van der Waals surface area contributed by atoms with Crippen LogP contribution in [-0.2, 0) is 4.79 Å². The molecule has 1 aromatic rings. The first-order valence-electron chi connectivity index (χ1n) is 10.9. The van der Waals surface area contributed by atoms with E-state index in [1.54, 1.807) is 0 Å². The molecule has 152 valence electrons. The van der Waals surface area contributed by atoms with Crippen molar-refractivity contribution in [3.05, 3.63) is 29.8 Å². The van der Waals surface area contributed by atoms with E-state index in [4.69, 9.17) is 4.74 Å². The van der Waals surface area contributed by atoms with Gasteiger partial charge in [0.1, 0.15) is 5.75 Å². The number of thioether (sulfide) groups is 2. The van der Waals surface area contributed by atoms with Gasteiger partial charge in [-0.3, -0.25) is 4.79 Å². The van der Waals surface area contributed by atoms with E-state index in [0.717, 1.165) is 30.0 Å². The first-order valence-corrected chi connectivity index (χ1v) is 13.0. The molecule has 4 bridgehead atoms. The summed E-state index contributed by atoms with van der Waals surface area (Å²) in [6, 6.07) is 8.33. The van der Waals surface area contributed by atoms with Gasteiger partial charge < -0.3 is 10.1 Å². The predicted molar refractivity (Wildman–Crippen MR) is 118 cm³/mol. The quantitative estimate of drug-likeness (QED) is 0.685. The lowest BCUT2D eigenvalue weighted by molar-refractivity contribution is -0.125. The number of carbonyl (C=O) groups excluding carboxylic acids is 1. The van der Waals surface area contributed by atoms with Gasteiger partial charge in [-0.15, -0.1) is 23.5 Å². The Kier molecular flexibility index (Phi) is 5.57. The number of carbonyl (C=O) groups is 1. The Morgan fingerprint density at radius 2 is 1.61 bits per heavy atom. The summed E-state index contributed by atoms with van der Waals surface area (Å²) in [7, 11) is 0. The summed E-state index contributed by atoms with van der Waals surface area (Å²) in [5.74, 6) is 6.10. The molecule has 3 nitrogen and oxygen atoms in total. The second-order valence-electron chi connectivity index (χ2n) is 9.48. The van der Waals surface area contributed by atoms with E-state index in [2.05, 4.69) is 17.4 Å². The predicted octanol–water partition coefficient (Wildman–Crippen LogP) is 5.27. The summed E-state index contributed by atoms with van der Waals surface area (Å²) in [5.41, 5.74) is 1.75. The van der Waals surface area contributed by atoms with Gasteiger partial charge in [-0.1, -0.05) is 12.1 Å². The molecular weight excluding hydrogens is 386 g/mol. The Morgan fingerprint density at radius 3 is 2.21 bits per heavy atom. The van der Waals surface area contributed by atoms with Crippen molar-refractivity contribution in [1.29, 1.82) is 0 Å². The Balaban J connectivity index is 1.09. The highest BCUT2D eigenvalue weighted by Gasteiger charge is 2.50. The van der Waals surface area contributed by atoms with Crippen molar-refractivity contribution < 1.29 is 9.53 Å². The largest absolute Gasteiger partial charge is 0.484 e. The van der Waals surface area contributed by atoms with Crippen molar-refractivity contribution in [3.8, 4) is 5.75 Å². The lowest BCUT2D eigenvalue weighted by atomic mass is 9.49. The molecule has 0 spiro atoms. The first-order chi connectivity index (χ1) is 13.7. The molecule has 5 heteroatoms. The molecule has 5 aliphatic rings. The van der Waals surface area contributed by atoms with Gasteiger partial charge in [-0.05, 0) is 97.3 Å². The number of hydrogen-bond acceptors (Lipinski definition) is 4. The molecule has 4 saturated carbocycles. The zero-order valence-electron chi connectivity index (χ0n) is 16.5. The molecule has 6 rings (SSSR count). The van der Waals surface area contributed by atoms with Crippen LogP contribution in [0.5, 0.6) is 5.75 Å². The first kappa shape index (κ1) is 19.2. The van der Waals surface area contributed by atoms with Crippen LogP contribution in [0.3, 0.4) is 0 Å². The van der Waals surface area contributed by atoms with Crippen molar-refractivity contribution in [2.45, 2.75) is 49.5 Å². The molecule has 5 fully saturated rings. The van der Waals surface area contributed by atoms with Crippen LogP contribution < -0.4 is 10.1 Å². The third-order valence-electron chi connectivity index (χ3n) is 7.17. The molecule has 1 heterocycles. The van der Waals surface area contributed by atoms with E-state index in [1.165, 1.54) is 62.0 Å². The van der Waals surface area contributed by atoms with Crippen molar-refractivity contribution in [1.82, 2.24) is 5.32 Å². The van der Waals surface area contributed by atoms with E-state index in [1.807, 2.05) is 35.7 Å². The Labute approximate surface area is 177 Å². The van der Waals surface area contributed by atoms with Gasteiger partial charge >= 0.3 is 0 Å². The fraction of sp³-hybridized carbons (Fsp3) is 0.696. The van der Waals surface area contributed by atoms with Gasteiger partial charge in [0.05, 0.1) is 4.58 Å². The molecule has 0 radical (unpaired) electrons. The standard InChI is InChI=1S/C23H31NO2S2/c25-21(24-15-23-11-16-8-17(12-23)10-18(9-16)13-23)14-26-20-4-2-19(3-5-20)22-27-6-1-7-28-22/h2-5,16-18,22H,1,6-15H2,(H,24,25). The molecule has 1 saturated heterocycles. The lowest BCUT2D eigenvalue weighted by Crippen LogP contribution is -2.51. The number of hydrogen-bond donors (Lipinski definition) is 1. The second-order valence-corrected chi connectivity index (χ2v) is 12.2. The van der Waals surface area contributed by atoms with Gasteiger partial charge in [-0.2, -0.15) is 0 Å². The fourth-order valence-corrected chi connectivity index (χ4v) is 9.29. The maximum absolute atomic E-state index is 12.4. The Morgan fingerprint density at radius 1 is 1.00 bits per heavy atom.